The fourth-order valence-electron chi connectivity index (χ4n) is 3.02. The van der Waals surface area contributed by atoms with Crippen molar-refractivity contribution in [3.63, 3.8) is 0 Å². The van der Waals surface area contributed by atoms with Crippen LogP contribution in [0.4, 0.5) is 0 Å². The van der Waals surface area contributed by atoms with Gasteiger partial charge >= 0.3 is 0 Å². The lowest BCUT2D eigenvalue weighted by molar-refractivity contribution is -0.129. The van der Waals surface area contributed by atoms with Crippen LogP contribution in [0.2, 0.25) is 0 Å². The summed E-state index contributed by atoms with van der Waals surface area (Å²) in [5.41, 5.74) is 0. The highest BCUT2D eigenvalue weighted by Crippen LogP contribution is 2.19. The third kappa shape index (κ3) is 3.69. The molecule has 1 atom stereocenters. The molecule has 18 heavy (non-hydrogen) atoms. The van der Waals surface area contributed by atoms with Gasteiger partial charge < -0.3 is 15.1 Å². The van der Waals surface area contributed by atoms with Gasteiger partial charge in [-0.15, -0.1) is 0 Å². The molecule has 2 aliphatic heterocycles. The van der Waals surface area contributed by atoms with E-state index in [1.54, 1.807) is 0 Å². The average Bonchev–Trinajstić information content (AvgIpc) is 2.90. The van der Waals surface area contributed by atoms with Crippen LogP contribution >= 0.6 is 0 Å². The fraction of sp³-hybridized carbons (Fsp3) is 0.929. The van der Waals surface area contributed by atoms with Crippen molar-refractivity contribution in [2.45, 2.75) is 38.6 Å². The van der Waals surface area contributed by atoms with Crippen molar-refractivity contribution in [2.24, 2.45) is 5.92 Å². The molecule has 0 bridgehead atoms. The van der Waals surface area contributed by atoms with Crippen LogP contribution in [0, 0.1) is 5.92 Å². The van der Waals surface area contributed by atoms with Gasteiger partial charge in [-0.1, -0.05) is 0 Å². The molecule has 2 fully saturated rings. The number of rotatable bonds is 4. The number of amides is 1. The van der Waals surface area contributed by atoms with Crippen molar-refractivity contribution in [1.29, 1.82) is 0 Å². The lowest BCUT2D eigenvalue weighted by Gasteiger charge is -2.33. The Hall–Kier alpha value is -0.610. The minimum atomic E-state index is 0.285. The van der Waals surface area contributed by atoms with Gasteiger partial charge in [0.1, 0.15) is 0 Å². The third-order valence-corrected chi connectivity index (χ3v) is 4.50. The summed E-state index contributed by atoms with van der Waals surface area (Å²) in [5, 5.41) is 3.43. The van der Waals surface area contributed by atoms with E-state index in [-0.39, 0.29) is 5.91 Å². The third-order valence-electron chi connectivity index (χ3n) is 4.50. The van der Waals surface area contributed by atoms with Crippen LogP contribution in [0.1, 0.15) is 32.6 Å². The molecule has 0 aromatic carbocycles. The molecule has 2 aliphatic rings. The molecule has 1 N–H and O–H groups in total. The normalized spacial score (nSPS) is 24.4. The molecule has 0 radical (unpaired) electrons. The van der Waals surface area contributed by atoms with Crippen LogP contribution in [-0.2, 0) is 4.79 Å². The summed E-state index contributed by atoms with van der Waals surface area (Å²) >= 11 is 0. The molecule has 0 aliphatic carbocycles. The van der Waals surface area contributed by atoms with Gasteiger partial charge in [0.05, 0.1) is 6.54 Å². The number of hydrogen-bond acceptors (Lipinski definition) is 3. The molecule has 1 unspecified atom stereocenters. The summed E-state index contributed by atoms with van der Waals surface area (Å²) in [6, 6.07) is 0.463. The topological polar surface area (TPSA) is 35.6 Å². The SMILES string of the molecule is CC(NCC(=O)N1CCCC1)C1CCN(C)CC1. The van der Waals surface area contributed by atoms with E-state index in [0.717, 1.165) is 19.0 Å². The largest absolute Gasteiger partial charge is 0.342 e. The molecule has 104 valence electrons. The molecule has 2 heterocycles. The minimum absolute atomic E-state index is 0.285. The molecule has 0 aromatic rings. The number of carbonyl (C=O) groups is 1. The number of likely N-dealkylation sites (tertiary alicyclic amines) is 2. The highest BCUT2D eigenvalue weighted by Gasteiger charge is 2.23. The van der Waals surface area contributed by atoms with E-state index in [1.165, 1.54) is 38.8 Å². The summed E-state index contributed by atoms with van der Waals surface area (Å²) in [6.45, 7) is 7.06. The molecule has 2 rings (SSSR count). The Balaban J connectivity index is 1.67. The molecule has 0 aromatic heterocycles. The second-order valence-corrected chi connectivity index (χ2v) is 5.90. The van der Waals surface area contributed by atoms with Crippen molar-refractivity contribution >= 4 is 5.91 Å². The Morgan fingerprint density at radius 3 is 2.44 bits per heavy atom. The number of nitrogens with one attached hydrogen (secondary N) is 1. The van der Waals surface area contributed by atoms with Gasteiger partial charge in [0.25, 0.3) is 0 Å². The zero-order valence-electron chi connectivity index (χ0n) is 11.8. The predicted molar refractivity (Wildman–Crippen MR) is 73.5 cm³/mol. The van der Waals surface area contributed by atoms with Crippen LogP contribution in [0.3, 0.4) is 0 Å². The smallest absolute Gasteiger partial charge is 0.236 e. The maximum Gasteiger partial charge on any atom is 0.236 e. The highest BCUT2D eigenvalue weighted by molar-refractivity contribution is 5.78. The van der Waals surface area contributed by atoms with E-state index in [9.17, 15) is 4.79 Å². The molecule has 4 heteroatoms. The molecule has 4 nitrogen and oxygen atoms in total. The molecular weight excluding hydrogens is 226 g/mol. The Kier molecular flexibility index (Phi) is 5.01. The van der Waals surface area contributed by atoms with Crippen molar-refractivity contribution in [2.75, 3.05) is 39.8 Å². The van der Waals surface area contributed by atoms with E-state index in [0.29, 0.717) is 12.6 Å². The first-order valence-electron chi connectivity index (χ1n) is 7.36. The van der Waals surface area contributed by atoms with E-state index >= 15 is 0 Å². The average molecular weight is 253 g/mol. The van der Waals surface area contributed by atoms with Gasteiger partial charge in [0, 0.05) is 19.1 Å². The lowest BCUT2D eigenvalue weighted by Crippen LogP contribution is -2.45. The number of carbonyl (C=O) groups excluding carboxylic acids is 1. The summed E-state index contributed by atoms with van der Waals surface area (Å²) in [6.07, 6.45) is 4.86. The van der Waals surface area contributed by atoms with Crippen molar-refractivity contribution < 1.29 is 4.79 Å². The second-order valence-electron chi connectivity index (χ2n) is 5.90. The molecule has 1 amide bonds. The van der Waals surface area contributed by atoms with Gasteiger partial charge in [-0.2, -0.15) is 0 Å². The van der Waals surface area contributed by atoms with Crippen molar-refractivity contribution in [3.8, 4) is 0 Å². The summed E-state index contributed by atoms with van der Waals surface area (Å²) in [5.74, 6) is 1.01. The number of nitrogens with zero attached hydrogens (tertiary/aromatic N) is 2. The molecule has 2 saturated heterocycles. The van der Waals surface area contributed by atoms with Crippen LogP contribution in [0.15, 0.2) is 0 Å². The number of hydrogen-bond donors (Lipinski definition) is 1. The second kappa shape index (κ2) is 6.53. The first-order valence-corrected chi connectivity index (χ1v) is 7.36. The zero-order valence-corrected chi connectivity index (χ0v) is 11.8. The molecule has 0 spiro atoms. The van der Waals surface area contributed by atoms with Crippen molar-refractivity contribution in [1.82, 2.24) is 15.1 Å². The Labute approximate surface area is 111 Å². The highest BCUT2D eigenvalue weighted by atomic mass is 16.2. The fourth-order valence-corrected chi connectivity index (χ4v) is 3.02. The molecular formula is C14H27N3O. The van der Waals surface area contributed by atoms with E-state index in [1.807, 2.05) is 4.90 Å². The molecule has 0 saturated carbocycles. The maximum absolute atomic E-state index is 11.9. The van der Waals surface area contributed by atoms with Gasteiger partial charge in [0.15, 0.2) is 0 Å². The van der Waals surface area contributed by atoms with Gasteiger partial charge in [-0.05, 0) is 58.7 Å². The zero-order chi connectivity index (χ0) is 13.0. The first-order chi connectivity index (χ1) is 8.66. The first kappa shape index (κ1) is 13.8. The van der Waals surface area contributed by atoms with E-state index in [2.05, 4.69) is 24.2 Å². The maximum atomic E-state index is 11.9. The predicted octanol–water partition coefficient (Wildman–Crippen LogP) is 0.929. The van der Waals surface area contributed by atoms with Gasteiger partial charge in [-0.3, -0.25) is 4.79 Å². The van der Waals surface area contributed by atoms with Crippen molar-refractivity contribution in [3.05, 3.63) is 0 Å². The van der Waals surface area contributed by atoms with E-state index < -0.39 is 0 Å². The van der Waals surface area contributed by atoms with Crippen LogP contribution < -0.4 is 5.32 Å². The van der Waals surface area contributed by atoms with Crippen LogP contribution in [0.5, 0.6) is 0 Å². The Morgan fingerprint density at radius 2 is 1.83 bits per heavy atom. The minimum Gasteiger partial charge on any atom is -0.342 e. The van der Waals surface area contributed by atoms with Gasteiger partial charge in [0.2, 0.25) is 5.91 Å². The van der Waals surface area contributed by atoms with E-state index in [4.69, 9.17) is 0 Å². The standard InChI is InChI=1S/C14H27N3O/c1-12(13-5-9-16(2)10-6-13)15-11-14(18)17-7-3-4-8-17/h12-13,15H,3-11H2,1-2H3. The van der Waals surface area contributed by atoms with Crippen LogP contribution in [0.25, 0.3) is 0 Å². The Bertz CT molecular complexity index is 268. The summed E-state index contributed by atoms with van der Waals surface area (Å²) < 4.78 is 0. The summed E-state index contributed by atoms with van der Waals surface area (Å²) in [7, 11) is 2.19. The monoisotopic (exact) mass is 253 g/mol. The summed E-state index contributed by atoms with van der Waals surface area (Å²) in [4.78, 5) is 16.3. The quantitative estimate of drug-likeness (QED) is 0.809. The lowest BCUT2D eigenvalue weighted by atomic mass is 9.90. The number of piperidine rings is 1. The van der Waals surface area contributed by atoms with Gasteiger partial charge in [-0.25, -0.2) is 0 Å². The van der Waals surface area contributed by atoms with Crippen LogP contribution in [-0.4, -0.2) is 61.5 Å². The Morgan fingerprint density at radius 1 is 1.22 bits per heavy atom.